The van der Waals surface area contributed by atoms with Crippen molar-refractivity contribution in [3.05, 3.63) is 0 Å². The van der Waals surface area contributed by atoms with E-state index in [1.54, 1.807) is 0 Å². The summed E-state index contributed by atoms with van der Waals surface area (Å²) >= 11 is 0. The molecule has 1 unspecified atom stereocenters. The van der Waals surface area contributed by atoms with E-state index in [0.29, 0.717) is 5.92 Å². The number of nitrogens with one attached hydrogen (secondary N) is 2. The lowest BCUT2D eigenvalue weighted by atomic mass is 9.99. The summed E-state index contributed by atoms with van der Waals surface area (Å²) in [5.41, 5.74) is 0. The van der Waals surface area contributed by atoms with Crippen LogP contribution in [0.4, 0.5) is 0 Å². The van der Waals surface area contributed by atoms with Gasteiger partial charge in [-0.3, -0.25) is 4.79 Å². The van der Waals surface area contributed by atoms with Crippen molar-refractivity contribution in [2.24, 2.45) is 11.8 Å². The summed E-state index contributed by atoms with van der Waals surface area (Å²) in [5, 5.41) is 6.29. The van der Waals surface area contributed by atoms with Crippen LogP contribution in [0.3, 0.4) is 0 Å². The number of likely N-dealkylation sites (N-methyl/N-ethyl adjacent to an activating group) is 1. The molecular formula is C12H25N3O. The van der Waals surface area contributed by atoms with Crippen molar-refractivity contribution >= 4 is 5.91 Å². The van der Waals surface area contributed by atoms with Gasteiger partial charge in [-0.1, -0.05) is 13.8 Å². The van der Waals surface area contributed by atoms with Crippen molar-refractivity contribution in [1.82, 2.24) is 15.5 Å². The third kappa shape index (κ3) is 4.49. The van der Waals surface area contributed by atoms with Crippen LogP contribution in [0.15, 0.2) is 0 Å². The molecule has 0 saturated carbocycles. The van der Waals surface area contributed by atoms with Crippen LogP contribution in [-0.4, -0.2) is 50.6 Å². The third-order valence-corrected chi connectivity index (χ3v) is 2.84. The van der Waals surface area contributed by atoms with Crippen LogP contribution in [0.2, 0.25) is 0 Å². The average Bonchev–Trinajstić information content (AvgIpc) is 1.95. The number of nitrogens with zero attached hydrogens (tertiary/aromatic N) is 1. The zero-order chi connectivity index (χ0) is 12.1. The van der Waals surface area contributed by atoms with Crippen molar-refractivity contribution in [2.75, 3.05) is 33.7 Å². The minimum absolute atomic E-state index is 0.192. The topological polar surface area (TPSA) is 44.4 Å². The predicted octanol–water partition coefficient (Wildman–Crippen LogP) is 0.298. The molecule has 1 rings (SSSR count). The van der Waals surface area contributed by atoms with Crippen LogP contribution >= 0.6 is 0 Å². The van der Waals surface area contributed by atoms with E-state index >= 15 is 0 Å². The molecule has 1 aliphatic rings. The molecule has 0 radical (unpaired) electrons. The largest absolute Gasteiger partial charge is 0.352 e. The highest BCUT2D eigenvalue weighted by molar-refractivity contribution is 5.80. The highest BCUT2D eigenvalue weighted by atomic mass is 16.2. The van der Waals surface area contributed by atoms with Gasteiger partial charge in [-0.25, -0.2) is 0 Å². The number of hydrogen-bond acceptors (Lipinski definition) is 3. The fraction of sp³-hybridized carbons (Fsp3) is 0.917. The van der Waals surface area contributed by atoms with Crippen molar-refractivity contribution in [2.45, 2.75) is 26.3 Å². The number of rotatable bonds is 6. The lowest BCUT2D eigenvalue weighted by Crippen LogP contribution is -2.54. The first-order valence-corrected chi connectivity index (χ1v) is 6.15. The first-order valence-electron chi connectivity index (χ1n) is 6.15. The predicted molar refractivity (Wildman–Crippen MR) is 66.3 cm³/mol. The van der Waals surface area contributed by atoms with Crippen LogP contribution in [0.5, 0.6) is 0 Å². The van der Waals surface area contributed by atoms with Gasteiger partial charge in [0.25, 0.3) is 0 Å². The second kappa shape index (κ2) is 6.21. The van der Waals surface area contributed by atoms with E-state index in [0.717, 1.165) is 26.1 Å². The number of carbonyl (C=O) groups excluding carboxylic acids is 1. The van der Waals surface area contributed by atoms with Gasteiger partial charge in [-0.15, -0.1) is 0 Å². The maximum absolute atomic E-state index is 11.8. The van der Waals surface area contributed by atoms with E-state index in [9.17, 15) is 4.79 Å². The highest BCUT2D eigenvalue weighted by Crippen LogP contribution is 2.08. The molecule has 1 aliphatic heterocycles. The van der Waals surface area contributed by atoms with Gasteiger partial charge in [0.1, 0.15) is 0 Å². The maximum atomic E-state index is 11.8. The summed E-state index contributed by atoms with van der Waals surface area (Å²) in [6.45, 7) is 6.98. The monoisotopic (exact) mass is 227 g/mol. The normalized spacial score (nSPS) is 18.6. The molecule has 4 nitrogen and oxygen atoms in total. The number of hydrogen-bond donors (Lipinski definition) is 2. The molecule has 0 aromatic carbocycles. The van der Waals surface area contributed by atoms with E-state index in [-0.39, 0.29) is 17.9 Å². The number of carbonyl (C=O) groups is 1. The Bertz CT molecular complexity index is 214. The Balaban J connectivity index is 2.38. The Morgan fingerprint density at radius 2 is 2.06 bits per heavy atom. The first-order chi connectivity index (χ1) is 7.49. The van der Waals surface area contributed by atoms with E-state index in [2.05, 4.69) is 29.4 Å². The Kier molecular flexibility index (Phi) is 5.22. The maximum Gasteiger partial charge on any atom is 0.225 e. The fourth-order valence-corrected chi connectivity index (χ4v) is 1.98. The molecular weight excluding hydrogens is 202 g/mol. The summed E-state index contributed by atoms with van der Waals surface area (Å²) in [5.74, 6) is 1.02. The lowest BCUT2D eigenvalue weighted by molar-refractivity contribution is -0.127. The molecule has 0 bridgehead atoms. The van der Waals surface area contributed by atoms with Gasteiger partial charge >= 0.3 is 0 Å². The van der Waals surface area contributed by atoms with Crippen molar-refractivity contribution in [3.63, 3.8) is 0 Å². The molecule has 4 heteroatoms. The van der Waals surface area contributed by atoms with Crippen LogP contribution < -0.4 is 10.6 Å². The summed E-state index contributed by atoms with van der Waals surface area (Å²) in [4.78, 5) is 14.0. The Morgan fingerprint density at radius 1 is 1.44 bits per heavy atom. The zero-order valence-electron chi connectivity index (χ0n) is 10.9. The van der Waals surface area contributed by atoms with Crippen molar-refractivity contribution in [1.29, 1.82) is 0 Å². The lowest BCUT2D eigenvalue weighted by Gasteiger charge is -2.30. The minimum Gasteiger partial charge on any atom is -0.352 e. The standard InChI is InChI=1S/C12H25N3O/c1-9(2)5-11(8-15(3)4)14-12(16)10-6-13-7-10/h9-11,13H,5-8H2,1-4H3,(H,14,16). The number of amides is 1. The smallest absolute Gasteiger partial charge is 0.225 e. The second-order valence-electron chi connectivity index (χ2n) is 5.45. The van der Waals surface area contributed by atoms with Gasteiger partial charge in [0.2, 0.25) is 5.91 Å². The second-order valence-corrected chi connectivity index (χ2v) is 5.45. The van der Waals surface area contributed by atoms with E-state index in [1.165, 1.54) is 0 Å². The third-order valence-electron chi connectivity index (χ3n) is 2.84. The fourth-order valence-electron chi connectivity index (χ4n) is 1.98. The Morgan fingerprint density at radius 3 is 2.44 bits per heavy atom. The molecule has 94 valence electrons. The SMILES string of the molecule is CC(C)CC(CN(C)C)NC(=O)C1CNC1. The van der Waals surface area contributed by atoms with Gasteiger partial charge < -0.3 is 15.5 Å². The molecule has 1 fully saturated rings. The summed E-state index contributed by atoms with van der Waals surface area (Å²) in [6, 6.07) is 0.281. The first kappa shape index (κ1) is 13.5. The van der Waals surface area contributed by atoms with Gasteiger partial charge in [-0.2, -0.15) is 0 Å². The Hall–Kier alpha value is -0.610. The molecule has 16 heavy (non-hydrogen) atoms. The van der Waals surface area contributed by atoms with Gasteiger partial charge in [0.05, 0.1) is 5.92 Å². The molecule has 1 saturated heterocycles. The molecule has 0 aromatic heterocycles. The van der Waals surface area contributed by atoms with Crippen molar-refractivity contribution in [3.8, 4) is 0 Å². The summed E-state index contributed by atoms with van der Waals surface area (Å²) < 4.78 is 0. The highest BCUT2D eigenvalue weighted by Gasteiger charge is 2.26. The van der Waals surface area contributed by atoms with Gasteiger partial charge in [-0.05, 0) is 26.4 Å². The zero-order valence-corrected chi connectivity index (χ0v) is 10.9. The van der Waals surface area contributed by atoms with E-state index in [1.807, 2.05) is 14.1 Å². The average molecular weight is 227 g/mol. The van der Waals surface area contributed by atoms with E-state index < -0.39 is 0 Å². The minimum atomic E-state index is 0.192. The van der Waals surface area contributed by atoms with Crippen molar-refractivity contribution < 1.29 is 4.79 Å². The molecule has 1 amide bonds. The van der Waals surface area contributed by atoms with Crippen LogP contribution in [-0.2, 0) is 4.79 Å². The molecule has 1 atom stereocenters. The molecule has 1 heterocycles. The van der Waals surface area contributed by atoms with Gasteiger partial charge in [0, 0.05) is 25.7 Å². The van der Waals surface area contributed by atoms with E-state index in [4.69, 9.17) is 0 Å². The Labute approximate surface area is 98.8 Å². The molecule has 2 N–H and O–H groups in total. The quantitative estimate of drug-likeness (QED) is 0.686. The van der Waals surface area contributed by atoms with Gasteiger partial charge in [0.15, 0.2) is 0 Å². The summed E-state index contributed by atoms with van der Waals surface area (Å²) in [7, 11) is 4.09. The van der Waals surface area contributed by atoms with Crippen LogP contribution in [0.1, 0.15) is 20.3 Å². The summed E-state index contributed by atoms with van der Waals surface area (Å²) in [6.07, 6.45) is 1.05. The molecule has 0 aliphatic carbocycles. The molecule has 0 aromatic rings. The van der Waals surface area contributed by atoms with Crippen LogP contribution in [0.25, 0.3) is 0 Å². The van der Waals surface area contributed by atoms with Crippen LogP contribution in [0, 0.1) is 11.8 Å². The molecule has 0 spiro atoms.